The first-order chi connectivity index (χ1) is 7.30. The number of nitrogens with one attached hydrogen (secondary N) is 1. The van der Waals surface area contributed by atoms with Crippen molar-refractivity contribution in [2.45, 2.75) is 32.1 Å². The quantitative estimate of drug-likeness (QED) is 0.736. The van der Waals surface area contributed by atoms with Gasteiger partial charge in [0.05, 0.1) is 0 Å². The highest BCUT2D eigenvalue weighted by Crippen LogP contribution is 2.62. The Bertz CT molecular complexity index is 363. The third-order valence-electron chi connectivity index (χ3n) is 4.14. The van der Waals surface area contributed by atoms with E-state index in [2.05, 4.69) is 36.5 Å². The molecule has 1 N–H and O–H groups in total. The van der Waals surface area contributed by atoms with Crippen LogP contribution in [-0.2, 0) is 0 Å². The minimum Gasteiger partial charge on any atom is -0.316 e. The van der Waals surface area contributed by atoms with Gasteiger partial charge in [-0.2, -0.15) is 0 Å². The molecule has 2 fully saturated rings. The second-order valence-electron chi connectivity index (χ2n) is 5.31. The fourth-order valence-electron chi connectivity index (χ4n) is 3.17. The van der Waals surface area contributed by atoms with Crippen LogP contribution in [0.25, 0.3) is 0 Å². The van der Waals surface area contributed by atoms with Gasteiger partial charge < -0.3 is 5.32 Å². The first-order valence-electron chi connectivity index (χ1n) is 6.07. The summed E-state index contributed by atoms with van der Waals surface area (Å²) in [6, 6.07) is 9.07. The first kappa shape index (κ1) is 9.41. The number of hydrogen-bond donors (Lipinski definition) is 1. The van der Waals surface area contributed by atoms with Gasteiger partial charge in [0.1, 0.15) is 0 Å². The number of rotatable bonds is 1. The smallest absolute Gasteiger partial charge is 0.00139 e. The van der Waals surface area contributed by atoms with Gasteiger partial charge in [-0.15, -0.1) is 0 Å². The summed E-state index contributed by atoms with van der Waals surface area (Å²) in [6.45, 7) is 4.66. The SMILES string of the molecule is Cc1cccc(C2CC23CCCNC3)c1. The zero-order valence-corrected chi connectivity index (χ0v) is 9.42. The van der Waals surface area contributed by atoms with Crippen molar-refractivity contribution < 1.29 is 0 Å². The average Bonchev–Trinajstić information content (AvgIpc) is 2.93. The van der Waals surface area contributed by atoms with Crippen molar-refractivity contribution in [3.8, 4) is 0 Å². The third kappa shape index (κ3) is 1.59. The molecular weight excluding hydrogens is 182 g/mol. The van der Waals surface area contributed by atoms with Crippen molar-refractivity contribution in [2.75, 3.05) is 13.1 Å². The Labute approximate surface area is 91.9 Å². The molecule has 0 radical (unpaired) electrons. The van der Waals surface area contributed by atoms with E-state index in [-0.39, 0.29) is 0 Å². The molecule has 1 spiro atoms. The third-order valence-corrected chi connectivity index (χ3v) is 4.14. The molecule has 1 nitrogen and oxygen atoms in total. The highest BCUT2D eigenvalue weighted by atomic mass is 14.9. The van der Waals surface area contributed by atoms with Crippen molar-refractivity contribution in [2.24, 2.45) is 5.41 Å². The molecule has 0 aromatic heterocycles. The van der Waals surface area contributed by atoms with Gasteiger partial charge in [0, 0.05) is 6.54 Å². The topological polar surface area (TPSA) is 12.0 Å². The van der Waals surface area contributed by atoms with E-state index in [1.54, 1.807) is 5.56 Å². The molecule has 1 heteroatoms. The van der Waals surface area contributed by atoms with Crippen LogP contribution in [0.2, 0.25) is 0 Å². The molecular formula is C14H19N. The number of benzene rings is 1. The summed E-state index contributed by atoms with van der Waals surface area (Å²) in [7, 11) is 0. The molecule has 3 rings (SSSR count). The van der Waals surface area contributed by atoms with E-state index in [4.69, 9.17) is 0 Å². The van der Waals surface area contributed by atoms with Gasteiger partial charge in [-0.1, -0.05) is 29.8 Å². The first-order valence-corrected chi connectivity index (χ1v) is 6.07. The summed E-state index contributed by atoms with van der Waals surface area (Å²) < 4.78 is 0. The summed E-state index contributed by atoms with van der Waals surface area (Å²) in [4.78, 5) is 0. The Hall–Kier alpha value is -0.820. The summed E-state index contributed by atoms with van der Waals surface area (Å²) in [6.07, 6.45) is 4.20. The molecule has 1 aromatic rings. The second kappa shape index (κ2) is 3.34. The monoisotopic (exact) mass is 201 g/mol. The molecule has 1 saturated carbocycles. The summed E-state index contributed by atoms with van der Waals surface area (Å²) >= 11 is 0. The van der Waals surface area contributed by atoms with E-state index >= 15 is 0 Å². The largest absolute Gasteiger partial charge is 0.316 e. The van der Waals surface area contributed by atoms with Gasteiger partial charge in [-0.3, -0.25) is 0 Å². The Kier molecular flexibility index (Phi) is 2.10. The van der Waals surface area contributed by atoms with Crippen LogP contribution < -0.4 is 5.32 Å². The van der Waals surface area contributed by atoms with Crippen LogP contribution in [0.15, 0.2) is 24.3 Å². The lowest BCUT2D eigenvalue weighted by Crippen LogP contribution is -2.31. The highest BCUT2D eigenvalue weighted by Gasteiger charge is 2.54. The number of hydrogen-bond acceptors (Lipinski definition) is 1. The minimum atomic E-state index is 0.631. The van der Waals surface area contributed by atoms with Crippen molar-refractivity contribution in [3.05, 3.63) is 35.4 Å². The second-order valence-corrected chi connectivity index (χ2v) is 5.31. The van der Waals surface area contributed by atoms with Crippen LogP contribution in [0.4, 0.5) is 0 Å². The molecule has 0 amide bonds. The summed E-state index contributed by atoms with van der Waals surface area (Å²) in [5, 5.41) is 3.55. The molecule has 1 aromatic carbocycles. The van der Waals surface area contributed by atoms with Gasteiger partial charge >= 0.3 is 0 Å². The zero-order valence-electron chi connectivity index (χ0n) is 9.42. The maximum absolute atomic E-state index is 3.55. The molecule has 0 bridgehead atoms. The van der Waals surface area contributed by atoms with Crippen LogP contribution in [0.5, 0.6) is 0 Å². The molecule has 2 atom stereocenters. The van der Waals surface area contributed by atoms with Crippen LogP contribution in [0.3, 0.4) is 0 Å². The molecule has 2 aliphatic rings. The minimum absolute atomic E-state index is 0.631. The van der Waals surface area contributed by atoms with E-state index in [0.29, 0.717) is 5.41 Å². The molecule has 1 aliphatic carbocycles. The highest BCUT2D eigenvalue weighted by molar-refractivity contribution is 5.33. The zero-order chi connectivity index (χ0) is 10.3. The fraction of sp³-hybridized carbons (Fsp3) is 0.571. The number of aryl methyl sites for hydroxylation is 1. The van der Waals surface area contributed by atoms with Crippen molar-refractivity contribution in [1.29, 1.82) is 0 Å². The van der Waals surface area contributed by atoms with Gasteiger partial charge in [-0.05, 0) is 49.6 Å². The summed E-state index contributed by atoms with van der Waals surface area (Å²) in [5.74, 6) is 0.838. The Balaban J connectivity index is 1.80. The number of piperidine rings is 1. The van der Waals surface area contributed by atoms with E-state index < -0.39 is 0 Å². The van der Waals surface area contributed by atoms with Crippen LogP contribution >= 0.6 is 0 Å². The predicted molar refractivity (Wildman–Crippen MR) is 63.1 cm³/mol. The Morgan fingerprint density at radius 1 is 1.40 bits per heavy atom. The maximum atomic E-state index is 3.55. The average molecular weight is 201 g/mol. The molecule has 1 heterocycles. The van der Waals surface area contributed by atoms with Crippen molar-refractivity contribution in [3.63, 3.8) is 0 Å². The van der Waals surface area contributed by atoms with Gasteiger partial charge in [-0.25, -0.2) is 0 Å². The lowest BCUT2D eigenvalue weighted by Gasteiger charge is -2.23. The maximum Gasteiger partial charge on any atom is 0.00139 e. The molecule has 15 heavy (non-hydrogen) atoms. The fourth-order valence-corrected chi connectivity index (χ4v) is 3.17. The van der Waals surface area contributed by atoms with Gasteiger partial charge in [0.2, 0.25) is 0 Å². The van der Waals surface area contributed by atoms with E-state index in [1.165, 1.54) is 37.9 Å². The Morgan fingerprint density at radius 2 is 2.33 bits per heavy atom. The normalized spacial score (nSPS) is 34.3. The predicted octanol–water partition coefficient (Wildman–Crippen LogP) is 2.85. The lowest BCUT2D eigenvalue weighted by molar-refractivity contribution is 0.347. The molecule has 1 saturated heterocycles. The van der Waals surface area contributed by atoms with Crippen molar-refractivity contribution in [1.82, 2.24) is 5.32 Å². The van der Waals surface area contributed by atoms with Crippen LogP contribution in [-0.4, -0.2) is 13.1 Å². The molecule has 2 unspecified atom stereocenters. The summed E-state index contributed by atoms with van der Waals surface area (Å²) in [5.41, 5.74) is 3.60. The lowest BCUT2D eigenvalue weighted by atomic mass is 9.91. The molecule has 1 aliphatic heterocycles. The van der Waals surface area contributed by atoms with E-state index in [1.807, 2.05) is 0 Å². The van der Waals surface area contributed by atoms with Crippen LogP contribution in [0.1, 0.15) is 36.3 Å². The van der Waals surface area contributed by atoms with Crippen LogP contribution in [0, 0.1) is 12.3 Å². The molecule has 80 valence electrons. The van der Waals surface area contributed by atoms with E-state index in [0.717, 1.165) is 5.92 Å². The van der Waals surface area contributed by atoms with Gasteiger partial charge in [0.25, 0.3) is 0 Å². The standard InChI is InChI=1S/C14H19N/c1-11-4-2-5-12(8-11)13-9-14(13)6-3-7-15-10-14/h2,4-5,8,13,15H,3,6-7,9-10H2,1H3. The van der Waals surface area contributed by atoms with E-state index in [9.17, 15) is 0 Å². The van der Waals surface area contributed by atoms with Crippen molar-refractivity contribution >= 4 is 0 Å². The van der Waals surface area contributed by atoms with Gasteiger partial charge in [0.15, 0.2) is 0 Å². The Morgan fingerprint density at radius 3 is 3.07 bits per heavy atom.